The molecule has 0 radical (unpaired) electrons. The molecule has 0 aliphatic carbocycles. The average Bonchev–Trinajstić information content (AvgIpc) is 2.50. The van der Waals surface area contributed by atoms with E-state index in [4.69, 9.17) is 22.2 Å². The summed E-state index contributed by atoms with van der Waals surface area (Å²) >= 11 is 9.49. The molecule has 0 bridgehead atoms. The van der Waals surface area contributed by atoms with Crippen LogP contribution in [0.15, 0.2) is 40.9 Å². The molecule has 112 valence electrons. The van der Waals surface area contributed by atoms with Crippen molar-refractivity contribution in [3.05, 3.63) is 62.8 Å². The van der Waals surface area contributed by atoms with Crippen molar-refractivity contribution in [1.82, 2.24) is 5.43 Å². The standard InChI is InChI=1S/C15H15BrClFN2O/c1-21-10-5-6-12(16)11(8-10)14(20-19)7-9-3-2-4-13(18)15(9)17/h2-6,8,14,20H,7,19H2,1H3. The van der Waals surface area contributed by atoms with E-state index in [0.29, 0.717) is 12.0 Å². The molecule has 3 N–H and O–H groups in total. The molecule has 0 saturated heterocycles. The van der Waals surface area contributed by atoms with Crippen molar-refractivity contribution in [2.75, 3.05) is 7.11 Å². The predicted octanol–water partition coefficient (Wildman–Crippen LogP) is 4.00. The fourth-order valence-corrected chi connectivity index (χ4v) is 2.83. The number of nitrogens with two attached hydrogens (primary N) is 1. The second-order valence-corrected chi connectivity index (χ2v) is 5.76. The Labute approximate surface area is 136 Å². The van der Waals surface area contributed by atoms with Gasteiger partial charge in [-0.05, 0) is 41.8 Å². The maximum Gasteiger partial charge on any atom is 0.142 e. The molecule has 0 saturated carbocycles. The van der Waals surface area contributed by atoms with Gasteiger partial charge >= 0.3 is 0 Å². The molecule has 2 aromatic carbocycles. The fraction of sp³-hybridized carbons (Fsp3) is 0.200. The van der Waals surface area contributed by atoms with Crippen molar-refractivity contribution >= 4 is 27.5 Å². The molecule has 2 rings (SSSR count). The van der Waals surface area contributed by atoms with Crippen molar-refractivity contribution in [2.45, 2.75) is 12.5 Å². The zero-order valence-electron chi connectivity index (χ0n) is 11.4. The minimum Gasteiger partial charge on any atom is -0.497 e. The Morgan fingerprint density at radius 1 is 1.38 bits per heavy atom. The molecular weight excluding hydrogens is 359 g/mol. The molecule has 0 heterocycles. The highest BCUT2D eigenvalue weighted by atomic mass is 79.9. The monoisotopic (exact) mass is 372 g/mol. The SMILES string of the molecule is COc1ccc(Br)c(C(Cc2cccc(F)c2Cl)NN)c1. The van der Waals surface area contributed by atoms with Crippen LogP contribution < -0.4 is 16.0 Å². The lowest BCUT2D eigenvalue weighted by Crippen LogP contribution is -2.30. The van der Waals surface area contributed by atoms with E-state index in [1.165, 1.54) is 6.07 Å². The molecule has 0 aromatic heterocycles. The zero-order chi connectivity index (χ0) is 15.4. The summed E-state index contributed by atoms with van der Waals surface area (Å²) in [4.78, 5) is 0. The molecule has 0 aliphatic rings. The summed E-state index contributed by atoms with van der Waals surface area (Å²) in [6.45, 7) is 0. The van der Waals surface area contributed by atoms with E-state index in [-0.39, 0.29) is 11.1 Å². The van der Waals surface area contributed by atoms with Crippen LogP contribution in [0.2, 0.25) is 5.02 Å². The van der Waals surface area contributed by atoms with Gasteiger partial charge in [0.15, 0.2) is 0 Å². The Hall–Kier alpha value is -1.14. The van der Waals surface area contributed by atoms with Gasteiger partial charge in [-0.3, -0.25) is 11.3 Å². The van der Waals surface area contributed by atoms with Crippen LogP contribution in [-0.2, 0) is 6.42 Å². The highest BCUT2D eigenvalue weighted by Crippen LogP contribution is 2.31. The summed E-state index contributed by atoms with van der Waals surface area (Å²) in [5, 5.41) is 0.122. The molecule has 0 aliphatic heterocycles. The van der Waals surface area contributed by atoms with Crippen molar-refractivity contribution in [2.24, 2.45) is 5.84 Å². The number of hydrazine groups is 1. The molecule has 1 atom stereocenters. The van der Waals surface area contributed by atoms with Gasteiger partial charge in [0.1, 0.15) is 11.6 Å². The Morgan fingerprint density at radius 2 is 2.14 bits per heavy atom. The number of ether oxygens (including phenoxy) is 1. The van der Waals surface area contributed by atoms with Gasteiger partial charge in [0.2, 0.25) is 0 Å². The van der Waals surface area contributed by atoms with Crippen molar-refractivity contribution in [3.63, 3.8) is 0 Å². The van der Waals surface area contributed by atoms with Crippen LogP contribution in [-0.4, -0.2) is 7.11 Å². The molecule has 0 fully saturated rings. The summed E-state index contributed by atoms with van der Waals surface area (Å²) in [6, 6.07) is 10.1. The van der Waals surface area contributed by atoms with Gasteiger partial charge in [-0.15, -0.1) is 0 Å². The van der Waals surface area contributed by atoms with E-state index >= 15 is 0 Å². The van der Waals surface area contributed by atoms with Gasteiger partial charge in [-0.1, -0.05) is 39.7 Å². The van der Waals surface area contributed by atoms with Gasteiger partial charge in [-0.25, -0.2) is 4.39 Å². The smallest absolute Gasteiger partial charge is 0.142 e. The van der Waals surface area contributed by atoms with E-state index in [0.717, 1.165) is 15.8 Å². The van der Waals surface area contributed by atoms with Crippen LogP contribution in [0.5, 0.6) is 5.75 Å². The van der Waals surface area contributed by atoms with Crippen LogP contribution >= 0.6 is 27.5 Å². The van der Waals surface area contributed by atoms with Crippen molar-refractivity contribution < 1.29 is 9.13 Å². The lowest BCUT2D eigenvalue weighted by atomic mass is 9.99. The largest absolute Gasteiger partial charge is 0.497 e. The minimum absolute atomic E-state index is 0.122. The predicted molar refractivity (Wildman–Crippen MR) is 85.9 cm³/mol. The third-order valence-electron chi connectivity index (χ3n) is 3.24. The highest BCUT2D eigenvalue weighted by Gasteiger charge is 2.17. The summed E-state index contributed by atoms with van der Waals surface area (Å²) in [6.07, 6.45) is 0.457. The topological polar surface area (TPSA) is 47.3 Å². The van der Waals surface area contributed by atoms with Gasteiger partial charge in [0.05, 0.1) is 18.2 Å². The summed E-state index contributed by atoms with van der Waals surface area (Å²) in [5.74, 6) is 5.94. The molecule has 0 spiro atoms. The second-order valence-electron chi connectivity index (χ2n) is 4.52. The Balaban J connectivity index is 2.34. The Bertz CT molecular complexity index is 639. The number of rotatable bonds is 5. The van der Waals surface area contributed by atoms with E-state index in [1.807, 2.05) is 18.2 Å². The molecule has 6 heteroatoms. The first-order valence-corrected chi connectivity index (χ1v) is 7.46. The van der Waals surface area contributed by atoms with Crippen molar-refractivity contribution in [1.29, 1.82) is 0 Å². The van der Waals surface area contributed by atoms with E-state index in [9.17, 15) is 4.39 Å². The number of nitrogens with one attached hydrogen (secondary N) is 1. The van der Waals surface area contributed by atoms with Crippen LogP contribution in [0.4, 0.5) is 4.39 Å². The number of methoxy groups -OCH3 is 1. The first-order valence-electron chi connectivity index (χ1n) is 6.29. The number of halogens is 3. The lowest BCUT2D eigenvalue weighted by Gasteiger charge is -2.19. The minimum atomic E-state index is -0.436. The van der Waals surface area contributed by atoms with Crippen LogP contribution in [0.25, 0.3) is 0 Å². The number of benzene rings is 2. The Kier molecular flexibility index (Phi) is 5.58. The molecule has 21 heavy (non-hydrogen) atoms. The maximum absolute atomic E-state index is 13.5. The van der Waals surface area contributed by atoms with E-state index in [1.54, 1.807) is 19.2 Å². The van der Waals surface area contributed by atoms with Crippen molar-refractivity contribution in [3.8, 4) is 5.75 Å². The van der Waals surface area contributed by atoms with Gasteiger partial charge in [0, 0.05) is 4.47 Å². The quantitative estimate of drug-likeness (QED) is 0.615. The summed E-state index contributed by atoms with van der Waals surface area (Å²) < 4.78 is 19.6. The van der Waals surface area contributed by atoms with Crippen LogP contribution in [0.1, 0.15) is 17.2 Å². The fourth-order valence-electron chi connectivity index (χ4n) is 2.10. The normalized spacial score (nSPS) is 12.2. The molecular formula is C15H15BrClFN2O. The Morgan fingerprint density at radius 3 is 2.81 bits per heavy atom. The molecule has 3 nitrogen and oxygen atoms in total. The first-order chi connectivity index (χ1) is 10.1. The summed E-state index contributed by atoms with van der Waals surface area (Å²) in [7, 11) is 1.60. The molecule has 1 unspecified atom stereocenters. The maximum atomic E-state index is 13.5. The van der Waals surface area contributed by atoms with E-state index in [2.05, 4.69) is 21.4 Å². The lowest BCUT2D eigenvalue weighted by molar-refractivity contribution is 0.412. The van der Waals surface area contributed by atoms with Crippen LogP contribution in [0.3, 0.4) is 0 Å². The summed E-state index contributed by atoms with van der Waals surface area (Å²) in [5.41, 5.74) is 4.34. The van der Waals surface area contributed by atoms with Gasteiger partial charge in [-0.2, -0.15) is 0 Å². The van der Waals surface area contributed by atoms with Gasteiger partial charge < -0.3 is 4.74 Å². The average molecular weight is 374 g/mol. The van der Waals surface area contributed by atoms with Gasteiger partial charge in [0.25, 0.3) is 0 Å². The first kappa shape index (κ1) is 16.2. The number of hydrogen-bond acceptors (Lipinski definition) is 3. The highest BCUT2D eigenvalue weighted by molar-refractivity contribution is 9.10. The van der Waals surface area contributed by atoms with Crippen LogP contribution in [0, 0.1) is 5.82 Å². The molecule has 2 aromatic rings. The third kappa shape index (κ3) is 3.74. The third-order valence-corrected chi connectivity index (χ3v) is 4.38. The van der Waals surface area contributed by atoms with E-state index < -0.39 is 5.82 Å². The molecule has 0 amide bonds. The number of hydrogen-bond donors (Lipinski definition) is 2. The second kappa shape index (κ2) is 7.22. The zero-order valence-corrected chi connectivity index (χ0v) is 13.7.